The molecule has 0 saturated carbocycles. The number of nitrogens with zero attached hydrogens (tertiary/aromatic N) is 3. The van der Waals surface area contributed by atoms with E-state index >= 15 is 0 Å². The van der Waals surface area contributed by atoms with Crippen LogP contribution in [0.1, 0.15) is 22.6 Å². The molecule has 0 aliphatic rings. The first-order valence-corrected chi connectivity index (χ1v) is 5.75. The topological polar surface area (TPSA) is 94.1 Å². The molecule has 2 aromatic heterocycles. The zero-order valence-corrected chi connectivity index (χ0v) is 10.9. The van der Waals surface area contributed by atoms with Crippen molar-refractivity contribution in [3.63, 3.8) is 0 Å². The Balaban J connectivity index is 2.13. The molecule has 1 N–H and O–H groups in total. The molecule has 0 fully saturated rings. The third kappa shape index (κ3) is 2.70. The van der Waals surface area contributed by atoms with Gasteiger partial charge in [-0.25, -0.2) is 4.98 Å². The largest absolute Gasteiger partial charge is 0.366 e. The molecule has 2 heterocycles. The van der Waals surface area contributed by atoms with E-state index in [0.717, 1.165) is 17.0 Å². The lowest BCUT2D eigenvalue weighted by molar-refractivity contribution is -0.385. The summed E-state index contributed by atoms with van der Waals surface area (Å²) >= 11 is 0. The van der Waals surface area contributed by atoms with Crippen LogP contribution in [0.25, 0.3) is 0 Å². The second-order valence-corrected chi connectivity index (χ2v) is 4.27. The molecular weight excluding hydrogens is 248 g/mol. The standard InChI is InChI=1S/C12H14N4O3/c1-7-4-12(14-6-11(7)16(17)18)13-5-10-8(2)15-19-9(10)3/h4,6H,5H2,1-3H3,(H,13,14). The molecule has 0 aromatic carbocycles. The van der Waals surface area contributed by atoms with Gasteiger partial charge in [0.15, 0.2) is 0 Å². The maximum atomic E-state index is 10.7. The highest BCUT2D eigenvalue weighted by atomic mass is 16.6. The van der Waals surface area contributed by atoms with E-state index in [-0.39, 0.29) is 5.69 Å². The highest BCUT2D eigenvalue weighted by Crippen LogP contribution is 2.20. The zero-order valence-electron chi connectivity index (χ0n) is 10.9. The predicted molar refractivity (Wildman–Crippen MR) is 68.9 cm³/mol. The number of nitrogens with one attached hydrogen (secondary N) is 1. The minimum Gasteiger partial charge on any atom is -0.366 e. The number of anilines is 1. The molecule has 2 aromatic rings. The fourth-order valence-corrected chi connectivity index (χ4v) is 1.77. The summed E-state index contributed by atoms with van der Waals surface area (Å²) in [6.07, 6.45) is 1.25. The number of nitro groups is 1. The molecule has 2 rings (SSSR count). The summed E-state index contributed by atoms with van der Waals surface area (Å²) in [6, 6.07) is 1.65. The van der Waals surface area contributed by atoms with E-state index in [9.17, 15) is 10.1 Å². The molecule has 7 nitrogen and oxygen atoms in total. The fraction of sp³-hybridized carbons (Fsp3) is 0.333. The van der Waals surface area contributed by atoms with Gasteiger partial charge in [0.25, 0.3) is 5.69 Å². The van der Waals surface area contributed by atoms with Gasteiger partial charge in [-0.2, -0.15) is 0 Å². The molecule has 0 unspecified atom stereocenters. The maximum absolute atomic E-state index is 10.7. The monoisotopic (exact) mass is 262 g/mol. The third-order valence-corrected chi connectivity index (χ3v) is 2.91. The van der Waals surface area contributed by atoms with Gasteiger partial charge in [0.1, 0.15) is 17.8 Å². The molecule has 0 aliphatic carbocycles. The number of aromatic nitrogens is 2. The van der Waals surface area contributed by atoms with Gasteiger partial charge in [-0.05, 0) is 26.8 Å². The smallest absolute Gasteiger partial charge is 0.290 e. The second kappa shape index (κ2) is 5.05. The lowest BCUT2D eigenvalue weighted by Gasteiger charge is -2.06. The lowest BCUT2D eigenvalue weighted by Crippen LogP contribution is -2.04. The van der Waals surface area contributed by atoms with Crippen LogP contribution in [-0.4, -0.2) is 15.1 Å². The normalized spacial score (nSPS) is 10.5. The summed E-state index contributed by atoms with van der Waals surface area (Å²) in [5, 5.41) is 17.7. The number of aryl methyl sites for hydroxylation is 3. The summed E-state index contributed by atoms with van der Waals surface area (Å²) in [5.41, 5.74) is 2.38. The molecule has 0 radical (unpaired) electrons. The van der Waals surface area contributed by atoms with Gasteiger partial charge >= 0.3 is 0 Å². The van der Waals surface area contributed by atoms with Gasteiger partial charge in [0.2, 0.25) is 0 Å². The van der Waals surface area contributed by atoms with Crippen molar-refractivity contribution in [3.05, 3.63) is 45.0 Å². The van der Waals surface area contributed by atoms with Crippen LogP contribution in [0.3, 0.4) is 0 Å². The van der Waals surface area contributed by atoms with Crippen LogP contribution in [0, 0.1) is 30.9 Å². The average molecular weight is 262 g/mol. The molecule has 100 valence electrons. The maximum Gasteiger partial charge on any atom is 0.290 e. The van der Waals surface area contributed by atoms with Crippen LogP contribution in [0.15, 0.2) is 16.8 Å². The van der Waals surface area contributed by atoms with Crippen LogP contribution >= 0.6 is 0 Å². The predicted octanol–water partition coefficient (Wildman–Crippen LogP) is 2.52. The van der Waals surface area contributed by atoms with Crippen LogP contribution < -0.4 is 5.32 Å². The SMILES string of the molecule is Cc1cc(NCc2c(C)noc2C)ncc1[N+](=O)[O-]. The minimum absolute atomic E-state index is 0.0166. The van der Waals surface area contributed by atoms with E-state index in [1.807, 2.05) is 13.8 Å². The Kier molecular flexibility index (Phi) is 3.46. The highest BCUT2D eigenvalue weighted by Gasteiger charge is 2.12. The quantitative estimate of drug-likeness (QED) is 0.672. The van der Waals surface area contributed by atoms with Crippen molar-refractivity contribution in [2.75, 3.05) is 5.32 Å². The van der Waals surface area contributed by atoms with Gasteiger partial charge in [-0.15, -0.1) is 0 Å². The average Bonchev–Trinajstić information content (AvgIpc) is 2.66. The van der Waals surface area contributed by atoms with Crippen molar-refractivity contribution < 1.29 is 9.45 Å². The summed E-state index contributed by atoms with van der Waals surface area (Å²) < 4.78 is 5.06. The summed E-state index contributed by atoms with van der Waals surface area (Å²) in [5.74, 6) is 1.34. The minimum atomic E-state index is -0.444. The number of hydrogen-bond acceptors (Lipinski definition) is 6. The summed E-state index contributed by atoms with van der Waals surface area (Å²) in [7, 11) is 0. The molecule has 0 amide bonds. The first-order valence-electron chi connectivity index (χ1n) is 5.75. The van der Waals surface area contributed by atoms with E-state index in [0.29, 0.717) is 17.9 Å². The van der Waals surface area contributed by atoms with E-state index in [1.165, 1.54) is 6.20 Å². The van der Waals surface area contributed by atoms with Gasteiger partial charge < -0.3 is 9.84 Å². The molecular formula is C12H14N4O3. The van der Waals surface area contributed by atoms with Gasteiger partial charge in [-0.3, -0.25) is 10.1 Å². The van der Waals surface area contributed by atoms with E-state index in [2.05, 4.69) is 15.5 Å². The third-order valence-electron chi connectivity index (χ3n) is 2.91. The number of hydrogen-bond donors (Lipinski definition) is 1. The van der Waals surface area contributed by atoms with Crippen molar-refractivity contribution in [2.24, 2.45) is 0 Å². The Morgan fingerprint density at radius 2 is 2.16 bits per heavy atom. The van der Waals surface area contributed by atoms with Crippen molar-refractivity contribution in [1.82, 2.24) is 10.1 Å². The highest BCUT2D eigenvalue weighted by molar-refractivity contribution is 5.47. The Morgan fingerprint density at radius 1 is 1.42 bits per heavy atom. The van der Waals surface area contributed by atoms with Crippen molar-refractivity contribution >= 4 is 11.5 Å². The van der Waals surface area contributed by atoms with Gasteiger partial charge in [-0.1, -0.05) is 5.16 Å². The van der Waals surface area contributed by atoms with Crippen molar-refractivity contribution in [1.29, 1.82) is 0 Å². The van der Waals surface area contributed by atoms with Gasteiger partial charge in [0, 0.05) is 17.7 Å². The molecule has 7 heteroatoms. The first-order chi connectivity index (χ1) is 8.99. The summed E-state index contributed by atoms with van der Waals surface area (Å²) in [6.45, 7) is 5.90. The van der Waals surface area contributed by atoms with Crippen molar-refractivity contribution in [2.45, 2.75) is 27.3 Å². The van der Waals surface area contributed by atoms with Crippen LogP contribution in [0.4, 0.5) is 11.5 Å². The molecule has 19 heavy (non-hydrogen) atoms. The van der Waals surface area contributed by atoms with Crippen LogP contribution in [0.5, 0.6) is 0 Å². The van der Waals surface area contributed by atoms with Crippen LogP contribution in [-0.2, 0) is 6.54 Å². The number of rotatable bonds is 4. The molecule has 0 saturated heterocycles. The Bertz CT molecular complexity index is 602. The van der Waals surface area contributed by atoms with E-state index in [4.69, 9.17) is 4.52 Å². The Morgan fingerprint density at radius 3 is 2.68 bits per heavy atom. The second-order valence-electron chi connectivity index (χ2n) is 4.27. The van der Waals surface area contributed by atoms with Crippen LogP contribution in [0.2, 0.25) is 0 Å². The number of pyridine rings is 1. The molecule has 0 bridgehead atoms. The molecule has 0 aliphatic heterocycles. The lowest BCUT2D eigenvalue weighted by atomic mass is 10.2. The first kappa shape index (κ1) is 13.0. The molecule has 0 spiro atoms. The van der Waals surface area contributed by atoms with Gasteiger partial charge in [0.05, 0.1) is 10.6 Å². The van der Waals surface area contributed by atoms with E-state index < -0.39 is 4.92 Å². The van der Waals surface area contributed by atoms with Crippen molar-refractivity contribution in [3.8, 4) is 0 Å². The Labute approximate surface area is 109 Å². The summed E-state index contributed by atoms with van der Waals surface area (Å²) in [4.78, 5) is 14.3. The zero-order chi connectivity index (χ0) is 14.0. The fourth-order valence-electron chi connectivity index (χ4n) is 1.77. The van der Waals surface area contributed by atoms with E-state index in [1.54, 1.807) is 13.0 Å². The molecule has 0 atom stereocenters. The Hall–Kier alpha value is -2.44.